The van der Waals surface area contributed by atoms with Crippen molar-refractivity contribution in [3.05, 3.63) is 94.3 Å². The van der Waals surface area contributed by atoms with E-state index in [-0.39, 0.29) is 40.3 Å². The molecule has 0 radical (unpaired) electrons. The first-order chi connectivity index (χ1) is 21.4. The van der Waals surface area contributed by atoms with Gasteiger partial charge in [-0.05, 0) is 61.7 Å². The van der Waals surface area contributed by atoms with E-state index in [9.17, 15) is 19.9 Å². The molecular formula is C30H25N7O5S2. The van der Waals surface area contributed by atoms with Crippen molar-refractivity contribution in [3.63, 3.8) is 0 Å². The topological polar surface area (TPSA) is 166 Å². The molecule has 4 N–H and O–H groups in total. The average molecular weight is 628 g/mol. The van der Waals surface area contributed by atoms with E-state index in [4.69, 9.17) is 9.40 Å². The van der Waals surface area contributed by atoms with Gasteiger partial charge >= 0.3 is 0 Å². The van der Waals surface area contributed by atoms with E-state index < -0.39 is 6.04 Å². The van der Waals surface area contributed by atoms with Crippen LogP contribution in [0, 0.1) is 4.91 Å². The van der Waals surface area contributed by atoms with Gasteiger partial charge in [0, 0.05) is 34.1 Å². The van der Waals surface area contributed by atoms with Crippen LogP contribution in [0.2, 0.25) is 0 Å². The monoisotopic (exact) mass is 627 g/mol. The Morgan fingerprint density at radius 1 is 1.05 bits per heavy atom. The number of rotatable bonds is 9. The van der Waals surface area contributed by atoms with E-state index in [1.54, 1.807) is 72.4 Å². The van der Waals surface area contributed by atoms with Crippen LogP contribution in [0.25, 0.3) is 22.7 Å². The fourth-order valence-electron chi connectivity index (χ4n) is 4.52. The number of carbonyl (C=O) groups excluding carboxylic acids is 1. The van der Waals surface area contributed by atoms with Gasteiger partial charge in [0.05, 0.1) is 17.3 Å². The van der Waals surface area contributed by atoms with Gasteiger partial charge in [-0.2, -0.15) is 0 Å². The number of para-hydroxylation sites is 1. The van der Waals surface area contributed by atoms with Gasteiger partial charge < -0.3 is 25.3 Å². The van der Waals surface area contributed by atoms with Gasteiger partial charge in [-0.25, -0.2) is 15.0 Å². The van der Waals surface area contributed by atoms with Crippen LogP contribution in [0.4, 0.5) is 23.2 Å². The van der Waals surface area contributed by atoms with Crippen molar-refractivity contribution in [3.8, 4) is 22.1 Å². The van der Waals surface area contributed by atoms with Gasteiger partial charge in [-0.3, -0.25) is 9.69 Å². The smallest absolute Gasteiger partial charge is 0.260 e. The highest BCUT2D eigenvalue weighted by Crippen LogP contribution is 2.42. The number of anilines is 3. The molecule has 2 atom stereocenters. The molecule has 0 bridgehead atoms. The zero-order valence-electron chi connectivity index (χ0n) is 23.1. The van der Waals surface area contributed by atoms with Crippen molar-refractivity contribution in [2.45, 2.75) is 11.4 Å². The van der Waals surface area contributed by atoms with Crippen molar-refractivity contribution in [1.82, 2.24) is 19.9 Å². The van der Waals surface area contributed by atoms with Crippen molar-refractivity contribution in [2.24, 2.45) is 5.18 Å². The Morgan fingerprint density at radius 3 is 2.61 bits per heavy atom. The van der Waals surface area contributed by atoms with Crippen LogP contribution in [-0.2, 0) is 4.79 Å². The first kappa shape index (κ1) is 29.0. The second-order valence-electron chi connectivity index (χ2n) is 9.72. The summed E-state index contributed by atoms with van der Waals surface area (Å²) in [5.41, 5.74) is 2.15. The molecule has 1 amide bonds. The molecule has 1 saturated heterocycles. The Bertz CT molecular complexity index is 1840. The number of thioether (sulfide) groups is 1. The molecule has 5 aromatic rings. The zero-order chi connectivity index (χ0) is 30.6. The number of benzene rings is 2. The van der Waals surface area contributed by atoms with E-state index in [0.717, 1.165) is 5.69 Å². The number of hydrogen-bond acceptors (Lipinski definition) is 13. The molecule has 0 spiro atoms. The second-order valence-corrected chi connectivity index (χ2v) is 11.7. The van der Waals surface area contributed by atoms with Gasteiger partial charge in [0.15, 0.2) is 5.82 Å². The first-order valence-electron chi connectivity index (χ1n) is 13.3. The van der Waals surface area contributed by atoms with Gasteiger partial charge in [0.25, 0.3) is 5.88 Å². The summed E-state index contributed by atoms with van der Waals surface area (Å²) in [4.78, 5) is 39.9. The summed E-state index contributed by atoms with van der Waals surface area (Å²) in [6.07, 6.45) is 3.17. The highest BCUT2D eigenvalue weighted by atomic mass is 32.2. The molecule has 222 valence electrons. The van der Waals surface area contributed by atoms with Crippen molar-refractivity contribution >= 4 is 64.4 Å². The van der Waals surface area contributed by atoms with Crippen LogP contribution in [0.15, 0.2) is 81.7 Å². The van der Waals surface area contributed by atoms with Crippen LogP contribution in [0.1, 0.15) is 22.7 Å². The third-order valence-corrected chi connectivity index (χ3v) is 9.01. The number of phenols is 2. The number of phenolic OH excluding ortho intramolecular Hbond substituents is 2. The molecule has 1 fully saturated rings. The van der Waals surface area contributed by atoms with Crippen molar-refractivity contribution in [1.29, 1.82) is 0 Å². The summed E-state index contributed by atoms with van der Waals surface area (Å²) in [6, 6.07) is 17.7. The van der Waals surface area contributed by atoms with Gasteiger partial charge in [-0.15, -0.1) is 28.0 Å². The van der Waals surface area contributed by atoms with Crippen LogP contribution in [-0.4, -0.2) is 54.8 Å². The van der Waals surface area contributed by atoms with E-state index >= 15 is 0 Å². The summed E-state index contributed by atoms with van der Waals surface area (Å²) in [5, 5.41) is 31.2. The van der Waals surface area contributed by atoms with E-state index in [1.807, 2.05) is 29.5 Å². The Hall–Kier alpha value is -5.05. The lowest BCUT2D eigenvalue weighted by Gasteiger charge is -2.22. The molecule has 6 rings (SSSR count). The largest absolute Gasteiger partial charge is 0.508 e. The maximum absolute atomic E-state index is 13.5. The molecular weight excluding hydrogens is 603 g/mol. The quantitative estimate of drug-likeness (QED) is 0.103. The fourth-order valence-corrected chi connectivity index (χ4v) is 6.90. The van der Waals surface area contributed by atoms with Gasteiger partial charge in [0.2, 0.25) is 5.91 Å². The molecule has 2 unspecified atom stereocenters. The predicted molar refractivity (Wildman–Crippen MR) is 171 cm³/mol. The number of likely N-dealkylation sites (N-methyl/N-ethyl adjacent to an activating group) is 1. The lowest BCUT2D eigenvalue weighted by atomic mass is 10.2. The molecule has 0 saturated carbocycles. The maximum atomic E-state index is 13.5. The molecule has 3 aromatic heterocycles. The lowest BCUT2D eigenvalue weighted by Crippen LogP contribution is -2.40. The van der Waals surface area contributed by atoms with Crippen LogP contribution in [0.3, 0.4) is 0 Å². The van der Waals surface area contributed by atoms with Crippen LogP contribution >= 0.6 is 23.1 Å². The summed E-state index contributed by atoms with van der Waals surface area (Å²) in [7, 11) is 1.88. The number of nitrogens with zero attached hydrogens (tertiary/aromatic N) is 5. The Labute approximate surface area is 259 Å². The molecule has 44 heavy (non-hydrogen) atoms. The minimum atomic E-state index is -0.458. The Balaban J connectivity index is 1.20. The number of aromatic hydroxyl groups is 2. The highest BCUT2D eigenvalue weighted by Gasteiger charge is 2.38. The SMILES string of the molecule is CN1C(C(=O)Nc2cc(Nc3ccc(O)cc3)nc(/C=C/c3ccc(N=O)o3)n2)CSC1c1csc(-c2ccccc2O)n1. The van der Waals surface area contributed by atoms with E-state index in [1.165, 1.54) is 17.4 Å². The average Bonchev–Trinajstić information content (AvgIpc) is 3.77. The molecule has 2 aromatic carbocycles. The third kappa shape index (κ3) is 6.46. The zero-order valence-corrected chi connectivity index (χ0v) is 24.7. The van der Waals surface area contributed by atoms with Crippen molar-refractivity contribution < 1.29 is 19.4 Å². The number of hydrogen-bond donors (Lipinski definition) is 4. The number of nitroso groups, excluding NO2 is 1. The number of amides is 1. The fraction of sp³-hybridized carbons (Fsp3) is 0.133. The molecule has 4 heterocycles. The van der Waals surface area contributed by atoms with Gasteiger partial charge in [0.1, 0.15) is 39.3 Å². The number of furan rings is 1. The minimum Gasteiger partial charge on any atom is -0.508 e. The van der Waals surface area contributed by atoms with E-state index in [0.29, 0.717) is 33.6 Å². The summed E-state index contributed by atoms with van der Waals surface area (Å²) in [5.74, 6) is 1.88. The number of thiazole rings is 1. The minimum absolute atomic E-state index is 0.0507. The van der Waals surface area contributed by atoms with E-state index in [2.05, 4.69) is 25.8 Å². The standard InChI is InChI=1S/C30H25N7O5S2/c1-37-22(16-44-30(37)21-15-43-29(32-21)20-4-2-3-5-23(20)39)28(40)35-26-14-25(31-17-6-8-18(38)9-7-17)33-24(34-26)12-10-19-11-13-27(36-41)42-19/h2-15,22,30,38-39H,16H2,1H3,(H2,31,33,34,35,40)/b12-10+. The maximum Gasteiger partial charge on any atom is 0.260 e. The molecule has 0 aliphatic carbocycles. The summed E-state index contributed by atoms with van der Waals surface area (Å²) >= 11 is 3.06. The first-order valence-corrected chi connectivity index (χ1v) is 15.2. The molecule has 12 nitrogen and oxygen atoms in total. The van der Waals surface area contributed by atoms with Gasteiger partial charge in [-0.1, -0.05) is 12.1 Å². The summed E-state index contributed by atoms with van der Waals surface area (Å²) in [6.45, 7) is 0. The molecule has 1 aliphatic heterocycles. The number of aromatic nitrogens is 3. The van der Waals surface area contributed by atoms with Crippen LogP contribution in [0.5, 0.6) is 11.5 Å². The molecule has 14 heteroatoms. The Morgan fingerprint density at radius 2 is 1.84 bits per heavy atom. The second kappa shape index (κ2) is 12.7. The number of nitrogens with one attached hydrogen (secondary N) is 2. The lowest BCUT2D eigenvalue weighted by molar-refractivity contribution is -0.120. The highest BCUT2D eigenvalue weighted by molar-refractivity contribution is 7.99. The summed E-state index contributed by atoms with van der Waals surface area (Å²) < 4.78 is 5.29. The van der Waals surface area contributed by atoms with Crippen LogP contribution < -0.4 is 10.6 Å². The third-order valence-electron chi connectivity index (χ3n) is 6.72. The predicted octanol–water partition coefficient (Wildman–Crippen LogP) is 6.60. The van der Waals surface area contributed by atoms with Crippen molar-refractivity contribution in [2.75, 3.05) is 23.4 Å². The normalized spacial score (nSPS) is 16.8. The number of carbonyl (C=O) groups is 1. The Kier molecular flexibility index (Phi) is 8.36. The molecule has 1 aliphatic rings.